The van der Waals surface area contributed by atoms with E-state index in [9.17, 15) is 4.79 Å². The average Bonchev–Trinajstić information content (AvgIpc) is 3.03. The number of furan rings is 1. The van der Waals surface area contributed by atoms with Gasteiger partial charge in [-0.2, -0.15) is 0 Å². The highest BCUT2D eigenvalue weighted by Crippen LogP contribution is 2.14. The first-order valence-corrected chi connectivity index (χ1v) is 8.48. The highest BCUT2D eigenvalue weighted by Gasteiger charge is 2.22. The van der Waals surface area contributed by atoms with Crippen molar-refractivity contribution in [3.8, 4) is 0 Å². The number of ether oxygens (including phenoxy) is 1. The molecule has 130 valence electrons. The summed E-state index contributed by atoms with van der Waals surface area (Å²) in [6.07, 6.45) is 4.21. The molecule has 0 aliphatic rings. The van der Waals surface area contributed by atoms with E-state index in [4.69, 9.17) is 9.15 Å². The summed E-state index contributed by atoms with van der Waals surface area (Å²) >= 11 is 0. The van der Waals surface area contributed by atoms with Crippen LogP contribution in [0.3, 0.4) is 0 Å². The molecular weight excluding hydrogens is 302 g/mol. The lowest BCUT2D eigenvalue weighted by Crippen LogP contribution is -2.37. The first kappa shape index (κ1) is 18.1. The van der Waals surface area contributed by atoms with Crippen LogP contribution in [0.15, 0.2) is 53.1 Å². The Labute approximate surface area is 144 Å². The third-order valence-corrected chi connectivity index (χ3v) is 3.55. The van der Waals surface area contributed by atoms with Gasteiger partial charge in [0.15, 0.2) is 0 Å². The minimum Gasteiger partial charge on any atom is -0.469 e. The first-order chi connectivity index (χ1) is 11.4. The van der Waals surface area contributed by atoms with Crippen molar-refractivity contribution >= 4 is 6.09 Å². The second-order valence-electron chi connectivity index (χ2n) is 6.92. The Morgan fingerprint density at radius 1 is 1.08 bits per heavy atom. The Morgan fingerprint density at radius 2 is 1.83 bits per heavy atom. The molecule has 0 saturated carbocycles. The maximum atomic E-state index is 12.5. The molecule has 24 heavy (non-hydrogen) atoms. The Kier molecular flexibility index (Phi) is 6.47. The highest BCUT2D eigenvalue weighted by molar-refractivity contribution is 5.68. The average molecular weight is 329 g/mol. The Bertz CT molecular complexity index is 600. The number of carbonyl (C=O) groups is 1. The zero-order valence-corrected chi connectivity index (χ0v) is 14.8. The predicted molar refractivity (Wildman–Crippen MR) is 94.7 cm³/mol. The fourth-order valence-corrected chi connectivity index (χ4v) is 2.42. The van der Waals surface area contributed by atoms with E-state index < -0.39 is 5.60 Å². The van der Waals surface area contributed by atoms with Gasteiger partial charge >= 0.3 is 6.09 Å². The second-order valence-corrected chi connectivity index (χ2v) is 6.92. The van der Waals surface area contributed by atoms with Crippen LogP contribution in [0.4, 0.5) is 4.79 Å². The molecule has 0 unspecified atom stereocenters. The molecule has 2 rings (SSSR count). The molecule has 0 atom stereocenters. The lowest BCUT2D eigenvalue weighted by Gasteiger charge is -2.27. The van der Waals surface area contributed by atoms with E-state index in [1.165, 1.54) is 0 Å². The summed E-state index contributed by atoms with van der Waals surface area (Å²) in [5.74, 6) is 0.988. The molecule has 1 aromatic carbocycles. The van der Waals surface area contributed by atoms with E-state index in [1.807, 2.05) is 63.2 Å². The van der Waals surface area contributed by atoms with Crippen LogP contribution in [-0.4, -0.2) is 23.1 Å². The second kappa shape index (κ2) is 8.57. The Hall–Kier alpha value is -2.23. The summed E-state index contributed by atoms with van der Waals surface area (Å²) in [6.45, 7) is 6.91. The standard InChI is InChI=1S/C20H27NO3/c1-20(2,3)24-19(22)21(16-17-10-5-4-6-11-17)14-8-7-12-18-13-9-15-23-18/h4-6,9-11,13,15H,7-8,12,14,16H2,1-3H3. The third-order valence-electron chi connectivity index (χ3n) is 3.55. The molecule has 0 fully saturated rings. The first-order valence-electron chi connectivity index (χ1n) is 8.48. The maximum absolute atomic E-state index is 12.5. The van der Waals surface area contributed by atoms with Crippen LogP contribution in [0.25, 0.3) is 0 Å². The molecule has 2 aromatic rings. The van der Waals surface area contributed by atoms with Crippen molar-refractivity contribution in [2.75, 3.05) is 6.54 Å². The topological polar surface area (TPSA) is 42.7 Å². The zero-order valence-electron chi connectivity index (χ0n) is 14.8. The maximum Gasteiger partial charge on any atom is 0.410 e. The number of nitrogens with zero attached hydrogens (tertiary/aromatic N) is 1. The van der Waals surface area contributed by atoms with E-state index in [0.717, 1.165) is 30.6 Å². The highest BCUT2D eigenvalue weighted by atomic mass is 16.6. The van der Waals surface area contributed by atoms with Crippen LogP contribution in [0.2, 0.25) is 0 Å². The van der Waals surface area contributed by atoms with Gasteiger partial charge in [-0.05, 0) is 51.3 Å². The summed E-state index contributed by atoms with van der Waals surface area (Å²) in [5.41, 5.74) is 0.620. The van der Waals surface area contributed by atoms with Gasteiger partial charge in [-0.25, -0.2) is 4.79 Å². The SMILES string of the molecule is CC(C)(C)OC(=O)N(CCCCc1ccco1)Cc1ccccc1. The van der Waals surface area contributed by atoms with E-state index >= 15 is 0 Å². The van der Waals surface area contributed by atoms with Gasteiger partial charge < -0.3 is 14.1 Å². The molecule has 1 heterocycles. The zero-order chi connectivity index (χ0) is 17.4. The third kappa shape index (κ3) is 6.49. The number of aryl methyl sites for hydroxylation is 1. The molecule has 0 spiro atoms. The summed E-state index contributed by atoms with van der Waals surface area (Å²) in [6, 6.07) is 13.9. The fourth-order valence-electron chi connectivity index (χ4n) is 2.42. The smallest absolute Gasteiger partial charge is 0.410 e. The fraction of sp³-hybridized carbons (Fsp3) is 0.450. The van der Waals surface area contributed by atoms with Crippen molar-refractivity contribution in [3.63, 3.8) is 0 Å². The van der Waals surface area contributed by atoms with Gasteiger partial charge in [0.05, 0.1) is 6.26 Å². The Morgan fingerprint density at radius 3 is 2.46 bits per heavy atom. The molecule has 1 amide bonds. The lowest BCUT2D eigenvalue weighted by atomic mass is 10.1. The predicted octanol–water partition coefficient (Wildman–Crippen LogP) is 5.04. The van der Waals surface area contributed by atoms with Crippen LogP contribution in [0.5, 0.6) is 0 Å². The van der Waals surface area contributed by atoms with Gasteiger partial charge in [0, 0.05) is 19.5 Å². The van der Waals surface area contributed by atoms with Gasteiger partial charge in [0.1, 0.15) is 11.4 Å². The molecule has 4 nitrogen and oxygen atoms in total. The number of rotatable bonds is 7. The van der Waals surface area contributed by atoms with E-state index in [1.54, 1.807) is 11.2 Å². The number of hydrogen-bond donors (Lipinski definition) is 0. The molecule has 4 heteroatoms. The monoisotopic (exact) mass is 329 g/mol. The van der Waals surface area contributed by atoms with E-state index in [0.29, 0.717) is 13.1 Å². The Balaban J connectivity index is 1.90. The normalized spacial score (nSPS) is 11.3. The van der Waals surface area contributed by atoms with Gasteiger partial charge in [-0.15, -0.1) is 0 Å². The largest absolute Gasteiger partial charge is 0.469 e. The van der Waals surface area contributed by atoms with Crippen molar-refractivity contribution in [3.05, 3.63) is 60.1 Å². The molecule has 0 aliphatic carbocycles. The minimum absolute atomic E-state index is 0.260. The molecule has 0 radical (unpaired) electrons. The molecule has 1 aromatic heterocycles. The van der Waals surface area contributed by atoms with Crippen LogP contribution < -0.4 is 0 Å². The molecule has 0 bridgehead atoms. The van der Waals surface area contributed by atoms with Crippen molar-refractivity contribution in [2.45, 2.75) is 52.2 Å². The number of amides is 1. The number of hydrogen-bond acceptors (Lipinski definition) is 3. The van der Waals surface area contributed by atoms with Crippen molar-refractivity contribution in [1.82, 2.24) is 4.90 Å². The van der Waals surface area contributed by atoms with Crippen molar-refractivity contribution in [2.24, 2.45) is 0 Å². The lowest BCUT2D eigenvalue weighted by molar-refractivity contribution is 0.0230. The summed E-state index contributed by atoms with van der Waals surface area (Å²) in [4.78, 5) is 14.3. The minimum atomic E-state index is -0.486. The van der Waals surface area contributed by atoms with Crippen LogP contribution in [0.1, 0.15) is 44.9 Å². The molecule has 0 saturated heterocycles. The van der Waals surface area contributed by atoms with E-state index in [-0.39, 0.29) is 6.09 Å². The van der Waals surface area contributed by atoms with Gasteiger partial charge in [0.2, 0.25) is 0 Å². The van der Waals surface area contributed by atoms with Crippen molar-refractivity contribution in [1.29, 1.82) is 0 Å². The molecular formula is C20H27NO3. The van der Waals surface area contributed by atoms with Crippen molar-refractivity contribution < 1.29 is 13.9 Å². The van der Waals surface area contributed by atoms with Gasteiger partial charge in [-0.1, -0.05) is 30.3 Å². The summed E-state index contributed by atoms with van der Waals surface area (Å²) in [7, 11) is 0. The number of unbranched alkanes of at least 4 members (excludes halogenated alkanes) is 1. The van der Waals surface area contributed by atoms with Crippen LogP contribution >= 0.6 is 0 Å². The van der Waals surface area contributed by atoms with Crippen LogP contribution in [0, 0.1) is 0 Å². The summed E-state index contributed by atoms with van der Waals surface area (Å²) < 4.78 is 10.9. The number of benzene rings is 1. The van der Waals surface area contributed by atoms with E-state index in [2.05, 4.69) is 0 Å². The summed E-state index contributed by atoms with van der Waals surface area (Å²) in [5, 5.41) is 0. The van der Waals surface area contributed by atoms with Gasteiger partial charge in [-0.3, -0.25) is 0 Å². The van der Waals surface area contributed by atoms with Gasteiger partial charge in [0.25, 0.3) is 0 Å². The molecule has 0 N–H and O–H groups in total. The molecule has 0 aliphatic heterocycles. The van der Waals surface area contributed by atoms with Crippen LogP contribution in [-0.2, 0) is 17.7 Å². The quantitative estimate of drug-likeness (QED) is 0.668. The number of carbonyl (C=O) groups excluding carboxylic acids is 1.